The fraction of sp³-hybridized carbons (Fsp3) is 0.280. The molecule has 0 radical (unpaired) electrons. The van der Waals surface area contributed by atoms with E-state index in [2.05, 4.69) is 15.3 Å². The van der Waals surface area contributed by atoms with Crippen molar-refractivity contribution >= 4 is 16.9 Å². The molecule has 1 fully saturated rings. The average Bonchev–Trinajstić information content (AvgIpc) is 3.23. The summed E-state index contributed by atoms with van der Waals surface area (Å²) in [7, 11) is 0. The van der Waals surface area contributed by atoms with E-state index >= 15 is 0 Å². The van der Waals surface area contributed by atoms with Gasteiger partial charge in [-0.1, -0.05) is 35.5 Å². The molecule has 33 heavy (non-hydrogen) atoms. The van der Waals surface area contributed by atoms with Gasteiger partial charge in [-0.25, -0.2) is 9.07 Å². The molecule has 1 saturated heterocycles. The van der Waals surface area contributed by atoms with Crippen LogP contribution in [0.15, 0.2) is 60.7 Å². The second-order valence-corrected chi connectivity index (χ2v) is 8.24. The molecule has 4 aromatic rings. The molecule has 2 aromatic carbocycles. The molecule has 0 spiro atoms. The van der Waals surface area contributed by atoms with E-state index in [1.807, 2.05) is 49.4 Å². The minimum absolute atomic E-state index is 0.0433. The van der Waals surface area contributed by atoms with Crippen LogP contribution in [0.4, 0.5) is 4.39 Å². The van der Waals surface area contributed by atoms with Gasteiger partial charge in [-0.15, -0.1) is 5.10 Å². The Labute approximate surface area is 190 Å². The Morgan fingerprint density at radius 3 is 2.85 bits per heavy atom. The van der Waals surface area contributed by atoms with Crippen LogP contribution in [-0.4, -0.2) is 50.5 Å². The van der Waals surface area contributed by atoms with Crippen molar-refractivity contribution in [1.29, 1.82) is 0 Å². The highest BCUT2D eigenvalue weighted by molar-refractivity contribution is 5.80. The molecule has 7 nitrogen and oxygen atoms in total. The third-order valence-electron chi connectivity index (χ3n) is 5.84. The molecule has 1 unspecified atom stereocenters. The maximum Gasteiger partial charge on any atom is 0.244 e. The molecule has 0 aliphatic carbocycles. The lowest BCUT2D eigenvalue weighted by atomic mass is 10.0. The molecule has 2 aromatic heterocycles. The number of carbonyl (C=O) groups excluding carboxylic acids is 1. The summed E-state index contributed by atoms with van der Waals surface area (Å²) in [6.45, 7) is 3.37. The smallest absolute Gasteiger partial charge is 0.244 e. The molecular formula is C25H24FN5O2. The van der Waals surface area contributed by atoms with Gasteiger partial charge in [0.15, 0.2) is 0 Å². The number of morpholine rings is 1. The number of carbonyl (C=O) groups is 1. The molecule has 1 amide bonds. The van der Waals surface area contributed by atoms with Crippen LogP contribution in [0.25, 0.3) is 11.0 Å². The van der Waals surface area contributed by atoms with Crippen LogP contribution in [-0.2, 0) is 22.5 Å². The van der Waals surface area contributed by atoms with Gasteiger partial charge in [-0.3, -0.25) is 9.78 Å². The highest BCUT2D eigenvalue weighted by Gasteiger charge is 2.27. The largest absolute Gasteiger partial charge is 0.368 e. The van der Waals surface area contributed by atoms with Gasteiger partial charge in [-0.05, 0) is 48.4 Å². The number of pyridine rings is 1. The van der Waals surface area contributed by atoms with Crippen LogP contribution >= 0.6 is 0 Å². The minimum Gasteiger partial charge on any atom is -0.368 e. The number of rotatable bonds is 5. The topological polar surface area (TPSA) is 73.1 Å². The number of ether oxygens (including phenoxy) is 1. The first-order valence-electron chi connectivity index (χ1n) is 11.0. The fourth-order valence-corrected chi connectivity index (χ4v) is 4.21. The Morgan fingerprint density at radius 2 is 1.97 bits per heavy atom. The third kappa shape index (κ3) is 4.61. The van der Waals surface area contributed by atoms with Gasteiger partial charge in [0.1, 0.15) is 24.0 Å². The van der Waals surface area contributed by atoms with E-state index in [9.17, 15) is 9.18 Å². The van der Waals surface area contributed by atoms with E-state index in [1.54, 1.807) is 21.7 Å². The maximum atomic E-state index is 14.1. The summed E-state index contributed by atoms with van der Waals surface area (Å²) < 4.78 is 21.7. The lowest BCUT2D eigenvalue weighted by Gasteiger charge is -2.33. The Morgan fingerprint density at radius 1 is 1.15 bits per heavy atom. The number of hydrogen-bond acceptors (Lipinski definition) is 5. The lowest BCUT2D eigenvalue weighted by molar-refractivity contribution is -0.140. The summed E-state index contributed by atoms with van der Waals surface area (Å²) in [4.78, 5) is 19.4. The molecule has 1 atom stereocenters. The number of para-hydroxylation sites is 1. The molecule has 3 heterocycles. The molecule has 0 saturated carbocycles. The fourth-order valence-electron chi connectivity index (χ4n) is 4.21. The van der Waals surface area contributed by atoms with Gasteiger partial charge < -0.3 is 9.64 Å². The van der Waals surface area contributed by atoms with Crippen LogP contribution in [0.3, 0.4) is 0 Å². The van der Waals surface area contributed by atoms with Crippen molar-refractivity contribution in [3.8, 4) is 0 Å². The van der Waals surface area contributed by atoms with Crippen LogP contribution in [0.2, 0.25) is 0 Å². The Balaban J connectivity index is 1.31. The highest BCUT2D eigenvalue weighted by atomic mass is 19.1. The molecule has 1 aliphatic heterocycles. The van der Waals surface area contributed by atoms with Crippen molar-refractivity contribution in [1.82, 2.24) is 24.9 Å². The van der Waals surface area contributed by atoms with Gasteiger partial charge in [0, 0.05) is 18.7 Å². The Hall–Kier alpha value is -3.65. The summed E-state index contributed by atoms with van der Waals surface area (Å²) in [5.74, 6) is -0.266. The molecule has 0 N–H and O–H groups in total. The van der Waals surface area contributed by atoms with E-state index in [0.29, 0.717) is 31.7 Å². The van der Waals surface area contributed by atoms with E-state index in [1.165, 1.54) is 6.07 Å². The second kappa shape index (κ2) is 9.07. The van der Waals surface area contributed by atoms with Crippen molar-refractivity contribution < 1.29 is 13.9 Å². The van der Waals surface area contributed by atoms with E-state index in [0.717, 1.165) is 28.0 Å². The van der Waals surface area contributed by atoms with E-state index in [4.69, 9.17) is 4.74 Å². The normalized spacial score (nSPS) is 16.3. The summed E-state index contributed by atoms with van der Waals surface area (Å²) >= 11 is 0. The summed E-state index contributed by atoms with van der Waals surface area (Å²) in [6, 6.07) is 18.2. The van der Waals surface area contributed by atoms with Crippen molar-refractivity contribution in [2.45, 2.75) is 26.0 Å². The zero-order valence-electron chi connectivity index (χ0n) is 18.3. The number of nitrogens with zero attached hydrogens (tertiary/aromatic N) is 5. The van der Waals surface area contributed by atoms with Crippen molar-refractivity contribution in [2.75, 3.05) is 19.7 Å². The Bertz CT molecular complexity index is 1300. The minimum atomic E-state index is -0.338. The molecule has 0 bridgehead atoms. The monoisotopic (exact) mass is 445 g/mol. The van der Waals surface area contributed by atoms with E-state index < -0.39 is 0 Å². The summed E-state index contributed by atoms with van der Waals surface area (Å²) in [6.07, 6.45) is 0.132. The van der Waals surface area contributed by atoms with E-state index in [-0.39, 0.29) is 24.4 Å². The number of fused-ring (bicyclic) bond motifs is 1. The molecule has 8 heteroatoms. The van der Waals surface area contributed by atoms with Gasteiger partial charge in [0.25, 0.3) is 0 Å². The standard InChI is InChI=1S/C25H24FN5O2/c1-17-12-18(13-19-6-2-3-7-20(19)26)14-22(27-17)24-15-30(10-11-33-24)25(32)16-31-23-9-5-4-8-21(23)28-29-31/h2-9,12,14,24H,10-11,13,15-16H2,1H3. The number of aromatic nitrogens is 4. The number of hydrogen-bond donors (Lipinski definition) is 0. The quantitative estimate of drug-likeness (QED) is 0.470. The molecule has 5 rings (SSSR count). The van der Waals surface area contributed by atoms with Gasteiger partial charge in [-0.2, -0.15) is 0 Å². The first-order chi connectivity index (χ1) is 16.1. The average molecular weight is 445 g/mol. The SMILES string of the molecule is Cc1cc(Cc2ccccc2F)cc(C2CN(C(=O)Cn3nnc4ccccc43)CCO2)n1. The van der Waals surface area contributed by atoms with Crippen molar-refractivity contribution in [3.05, 3.63) is 89.0 Å². The lowest BCUT2D eigenvalue weighted by Crippen LogP contribution is -2.44. The zero-order chi connectivity index (χ0) is 22.8. The molecule has 1 aliphatic rings. The number of amides is 1. The van der Waals surface area contributed by atoms with Crippen LogP contribution < -0.4 is 0 Å². The number of aryl methyl sites for hydroxylation is 1. The first kappa shape index (κ1) is 21.2. The van der Waals surface area contributed by atoms with Gasteiger partial charge in [0.2, 0.25) is 5.91 Å². The predicted octanol–water partition coefficient (Wildman–Crippen LogP) is 3.46. The number of halogens is 1. The Kier molecular flexibility index (Phi) is 5.83. The summed E-state index contributed by atoms with van der Waals surface area (Å²) in [5.41, 5.74) is 4.77. The zero-order valence-corrected chi connectivity index (χ0v) is 18.3. The predicted molar refractivity (Wildman–Crippen MR) is 121 cm³/mol. The third-order valence-corrected chi connectivity index (χ3v) is 5.84. The van der Waals surface area contributed by atoms with Gasteiger partial charge in [0.05, 0.1) is 24.4 Å². The second-order valence-electron chi connectivity index (χ2n) is 8.24. The van der Waals surface area contributed by atoms with Gasteiger partial charge >= 0.3 is 0 Å². The van der Waals surface area contributed by atoms with Crippen molar-refractivity contribution in [2.24, 2.45) is 0 Å². The molecular weight excluding hydrogens is 421 g/mol. The van der Waals surface area contributed by atoms with Crippen LogP contribution in [0.5, 0.6) is 0 Å². The maximum absolute atomic E-state index is 14.1. The highest BCUT2D eigenvalue weighted by Crippen LogP contribution is 2.24. The number of benzene rings is 2. The molecule has 168 valence electrons. The van der Waals surface area contributed by atoms with Crippen molar-refractivity contribution in [3.63, 3.8) is 0 Å². The van der Waals surface area contributed by atoms with Crippen LogP contribution in [0, 0.1) is 12.7 Å². The van der Waals surface area contributed by atoms with Crippen LogP contribution in [0.1, 0.15) is 28.6 Å². The first-order valence-corrected chi connectivity index (χ1v) is 11.0. The summed E-state index contributed by atoms with van der Waals surface area (Å²) in [5, 5.41) is 8.24.